The fourth-order valence-electron chi connectivity index (χ4n) is 3.77. The third kappa shape index (κ3) is 2.83. The summed E-state index contributed by atoms with van der Waals surface area (Å²) in [6, 6.07) is 2.62. The molecule has 2 aliphatic heterocycles. The molecule has 0 aliphatic carbocycles. The van der Waals surface area contributed by atoms with Gasteiger partial charge in [0.2, 0.25) is 11.9 Å². The van der Waals surface area contributed by atoms with E-state index in [0.29, 0.717) is 29.2 Å². The third-order valence-corrected chi connectivity index (χ3v) is 4.90. The van der Waals surface area contributed by atoms with Gasteiger partial charge in [-0.3, -0.25) is 0 Å². The molecule has 2 aliphatic rings. The van der Waals surface area contributed by atoms with Crippen LogP contribution in [0.4, 0.5) is 14.7 Å². The van der Waals surface area contributed by atoms with Crippen molar-refractivity contribution in [2.75, 3.05) is 18.0 Å². The quantitative estimate of drug-likeness (QED) is 0.925. The fraction of sp³-hybridized carbons (Fsp3) is 0.688. The molecule has 8 heteroatoms. The minimum absolute atomic E-state index is 0.211. The Kier molecular flexibility index (Phi) is 3.67. The molecule has 2 atom stereocenters. The SMILES string of the molecule is Cc1nc(N2C3CCC2CNC3)n2nc(CCC(C)(F)F)cc2n1. The number of fused-ring (bicyclic) bond motifs is 3. The molecule has 4 rings (SSSR count). The number of halogens is 2. The van der Waals surface area contributed by atoms with Gasteiger partial charge in [0.15, 0.2) is 5.65 Å². The average molecular weight is 336 g/mol. The number of alkyl halides is 2. The molecule has 4 heterocycles. The molecule has 2 fully saturated rings. The third-order valence-electron chi connectivity index (χ3n) is 4.90. The van der Waals surface area contributed by atoms with E-state index in [4.69, 9.17) is 0 Å². The summed E-state index contributed by atoms with van der Waals surface area (Å²) >= 11 is 0. The van der Waals surface area contributed by atoms with Crippen LogP contribution in [0.15, 0.2) is 6.07 Å². The van der Waals surface area contributed by atoms with Gasteiger partial charge in [-0.25, -0.2) is 13.8 Å². The van der Waals surface area contributed by atoms with Gasteiger partial charge in [-0.15, -0.1) is 0 Å². The second-order valence-corrected chi connectivity index (χ2v) is 7.00. The lowest BCUT2D eigenvalue weighted by molar-refractivity contribution is 0.0130. The standard InChI is InChI=1S/C16H22F2N6/c1-10-20-14-7-11(5-6-16(2,17)18)22-24(14)15(21-10)23-12-3-4-13(23)9-19-8-12/h7,12-13,19H,3-6,8-9H2,1-2H3. The number of hydrogen-bond donors (Lipinski definition) is 1. The summed E-state index contributed by atoms with van der Waals surface area (Å²) in [6.45, 7) is 4.69. The molecule has 2 aromatic rings. The van der Waals surface area contributed by atoms with Crippen LogP contribution in [0, 0.1) is 6.92 Å². The highest BCUT2D eigenvalue weighted by Crippen LogP contribution is 2.31. The zero-order valence-electron chi connectivity index (χ0n) is 14.0. The van der Waals surface area contributed by atoms with Crippen molar-refractivity contribution in [3.63, 3.8) is 0 Å². The molecule has 0 spiro atoms. The maximum Gasteiger partial charge on any atom is 0.245 e. The average Bonchev–Trinajstić information content (AvgIpc) is 3.01. The molecule has 2 aromatic heterocycles. The molecule has 130 valence electrons. The maximum atomic E-state index is 13.1. The Bertz CT molecular complexity index is 737. The van der Waals surface area contributed by atoms with Crippen molar-refractivity contribution in [3.8, 4) is 0 Å². The first kappa shape index (κ1) is 15.7. The van der Waals surface area contributed by atoms with E-state index in [-0.39, 0.29) is 12.8 Å². The summed E-state index contributed by atoms with van der Waals surface area (Å²) in [4.78, 5) is 11.4. The smallest absolute Gasteiger partial charge is 0.245 e. The Labute approximate surface area is 139 Å². The monoisotopic (exact) mass is 336 g/mol. The Morgan fingerprint density at radius 1 is 1.25 bits per heavy atom. The van der Waals surface area contributed by atoms with E-state index in [1.54, 1.807) is 10.6 Å². The van der Waals surface area contributed by atoms with E-state index >= 15 is 0 Å². The largest absolute Gasteiger partial charge is 0.332 e. The van der Waals surface area contributed by atoms with Crippen LogP contribution >= 0.6 is 0 Å². The highest BCUT2D eigenvalue weighted by Gasteiger charge is 2.39. The van der Waals surface area contributed by atoms with Crippen molar-refractivity contribution >= 4 is 11.6 Å². The van der Waals surface area contributed by atoms with Crippen LogP contribution in [0.5, 0.6) is 0 Å². The van der Waals surface area contributed by atoms with Gasteiger partial charge in [-0.1, -0.05) is 0 Å². The molecule has 0 aromatic carbocycles. The lowest BCUT2D eigenvalue weighted by Gasteiger charge is -2.36. The van der Waals surface area contributed by atoms with Crippen LogP contribution in [-0.2, 0) is 6.42 Å². The molecule has 6 nitrogen and oxygen atoms in total. The van der Waals surface area contributed by atoms with Crippen molar-refractivity contribution in [3.05, 3.63) is 17.6 Å². The van der Waals surface area contributed by atoms with E-state index in [0.717, 1.165) is 38.8 Å². The first-order valence-corrected chi connectivity index (χ1v) is 8.51. The minimum Gasteiger partial charge on any atom is -0.332 e. The molecular formula is C16H22F2N6. The number of piperazine rings is 1. The number of nitrogens with zero attached hydrogens (tertiary/aromatic N) is 5. The zero-order chi connectivity index (χ0) is 16.9. The second kappa shape index (κ2) is 5.61. The van der Waals surface area contributed by atoms with E-state index in [9.17, 15) is 8.78 Å². The number of nitrogens with one attached hydrogen (secondary N) is 1. The Balaban J connectivity index is 1.71. The lowest BCUT2D eigenvalue weighted by Crippen LogP contribution is -2.53. The Hall–Kier alpha value is -1.83. The fourth-order valence-corrected chi connectivity index (χ4v) is 3.77. The van der Waals surface area contributed by atoms with Gasteiger partial charge >= 0.3 is 0 Å². The van der Waals surface area contributed by atoms with E-state index in [1.165, 1.54) is 0 Å². The predicted octanol–water partition coefficient (Wildman–Crippen LogP) is 1.96. The summed E-state index contributed by atoms with van der Waals surface area (Å²) in [5.41, 5.74) is 1.32. The van der Waals surface area contributed by atoms with Gasteiger partial charge in [0.25, 0.3) is 0 Å². The second-order valence-electron chi connectivity index (χ2n) is 7.00. The first-order chi connectivity index (χ1) is 11.4. The lowest BCUT2D eigenvalue weighted by atomic mass is 10.1. The number of rotatable bonds is 4. The molecule has 1 N–H and O–H groups in total. The highest BCUT2D eigenvalue weighted by molar-refractivity contribution is 5.49. The zero-order valence-corrected chi connectivity index (χ0v) is 14.0. The van der Waals surface area contributed by atoms with Gasteiger partial charge in [0.1, 0.15) is 5.82 Å². The van der Waals surface area contributed by atoms with Crippen LogP contribution in [0.3, 0.4) is 0 Å². The van der Waals surface area contributed by atoms with Crippen molar-refractivity contribution in [1.29, 1.82) is 0 Å². The van der Waals surface area contributed by atoms with Gasteiger partial charge in [0.05, 0.1) is 5.69 Å². The van der Waals surface area contributed by atoms with Crippen molar-refractivity contribution in [2.45, 2.75) is 57.5 Å². The Morgan fingerprint density at radius 3 is 2.62 bits per heavy atom. The summed E-state index contributed by atoms with van der Waals surface area (Å²) < 4.78 is 28.0. The van der Waals surface area contributed by atoms with E-state index in [1.807, 2.05) is 6.92 Å². The minimum atomic E-state index is -2.68. The molecule has 24 heavy (non-hydrogen) atoms. The van der Waals surface area contributed by atoms with Gasteiger partial charge < -0.3 is 10.2 Å². The summed E-state index contributed by atoms with van der Waals surface area (Å²) in [7, 11) is 0. The summed E-state index contributed by atoms with van der Waals surface area (Å²) in [5.74, 6) is -1.21. The first-order valence-electron chi connectivity index (χ1n) is 8.51. The molecule has 0 saturated carbocycles. The molecule has 0 radical (unpaired) electrons. The molecule has 2 saturated heterocycles. The maximum absolute atomic E-state index is 13.1. The topological polar surface area (TPSA) is 58.4 Å². The van der Waals surface area contributed by atoms with Crippen LogP contribution in [0.1, 0.15) is 37.7 Å². The van der Waals surface area contributed by atoms with Crippen molar-refractivity contribution < 1.29 is 8.78 Å². The molecule has 2 unspecified atom stereocenters. The Morgan fingerprint density at radius 2 is 1.96 bits per heavy atom. The summed E-state index contributed by atoms with van der Waals surface area (Å²) in [6.07, 6.45) is 2.30. The highest BCUT2D eigenvalue weighted by atomic mass is 19.3. The van der Waals surface area contributed by atoms with Crippen molar-refractivity contribution in [2.24, 2.45) is 0 Å². The number of aryl methyl sites for hydroxylation is 2. The normalized spacial score (nSPS) is 24.1. The van der Waals surface area contributed by atoms with Crippen LogP contribution in [-0.4, -0.2) is 50.7 Å². The number of aromatic nitrogens is 4. The molecule has 0 amide bonds. The van der Waals surface area contributed by atoms with Gasteiger partial charge in [-0.2, -0.15) is 14.6 Å². The van der Waals surface area contributed by atoms with Crippen LogP contribution < -0.4 is 10.2 Å². The van der Waals surface area contributed by atoms with Crippen LogP contribution in [0.2, 0.25) is 0 Å². The summed E-state index contributed by atoms with van der Waals surface area (Å²) in [5, 5.41) is 7.98. The number of hydrogen-bond acceptors (Lipinski definition) is 5. The molecular weight excluding hydrogens is 314 g/mol. The number of anilines is 1. The van der Waals surface area contributed by atoms with Crippen molar-refractivity contribution in [1.82, 2.24) is 24.9 Å². The van der Waals surface area contributed by atoms with Gasteiger partial charge in [0, 0.05) is 37.7 Å². The molecule has 2 bridgehead atoms. The van der Waals surface area contributed by atoms with Crippen LogP contribution in [0.25, 0.3) is 5.65 Å². The van der Waals surface area contributed by atoms with E-state index < -0.39 is 5.92 Å². The van der Waals surface area contributed by atoms with E-state index in [2.05, 4.69) is 25.3 Å². The van der Waals surface area contributed by atoms with Gasteiger partial charge in [-0.05, 0) is 33.1 Å². The predicted molar refractivity (Wildman–Crippen MR) is 86.6 cm³/mol.